The van der Waals surface area contributed by atoms with Gasteiger partial charge in [-0.15, -0.1) is 12.4 Å². The van der Waals surface area contributed by atoms with Crippen molar-refractivity contribution in [2.45, 2.75) is 18.9 Å². The van der Waals surface area contributed by atoms with Crippen molar-refractivity contribution in [3.8, 4) is 0 Å². The molecular weight excluding hydrogens is 214 g/mol. The fraction of sp³-hybridized carbons (Fsp3) is 0.364. The topological polar surface area (TPSA) is 52.3 Å². The van der Waals surface area contributed by atoms with Gasteiger partial charge in [0.05, 0.1) is 13.5 Å². The highest BCUT2D eigenvalue weighted by atomic mass is 35.5. The summed E-state index contributed by atoms with van der Waals surface area (Å²) in [5, 5.41) is 0. The van der Waals surface area contributed by atoms with Crippen molar-refractivity contribution in [1.82, 2.24) is 0 Å². The van der Waals surface area contributed by atoms with Crippen molar-refractivity contribution in [1.29, 1.82) is 0 Å². The number of carbonyl (C=O) groups excluding carboxylic acids is 1. The Hall–Kier alpha value is -1.06. The van der Waals surface area contributed by atoms with Crippen LogP contribution in [0.2, 0.25) is 0 Å². The third-order valence-corrected chi connectivity index (χ3v) is 2.00. The Balaban J connectivity index is 0.00000196. The van der Waals surface area contributed by atoms with Gasteiger partial charge in [-0.25, -0.2) is 0 Å². The lowest BCUT2D eigenvalue weighted by molar-refractivity contribution is -0.140. The van der Waals surface area contributed by atoms with Crippen molar-refractivity contribution in [2.75, 3.05) is 7.11 Å². The summed E-state index contributed by atoms with van der Waals surface area (Å²) in [5.41, 5.74) is 6.92. The van der Waals surface area contributed by atoms with Crippen LogP contribution >= 0.6 is 12.4 Å². The Kier molecular flexibility index (Phi) is 6.75. The average Bonchev–Trinajstić information content (AvgIpc) is 2.19. The van der Waals surface area contributed by atoms with Crippen LogP contribution in [0.1, 0.15) is 12.0 Å². The molecule has 0 aliphatic carbocycles. The average molecular weight is 230 g/mol. The summed E-state index contributed by atoms with van der Waals surface area (Å²) in [7, 11) is 1.37. The van der Waals surface area contributed by atoms with Crippen molar-refractivity contribution < 1.29 is 9.53 Å². The molecule has 1 aromatic rings. The molecule has 4 heteroatoms. The fourth-order valence-corrected chi connectivity index (χ4v) is 1.29. The largest absolute Gasteiger partial charge is 0.469 e. The molecule has 0 bridgehead atoms. The van der Waals surface area contributed by atoms with Gasteiger partial charge in [-0.3, -0.25) is 4.79 Å². The standard InChI is InChI=1S/C11H15NO2.ClH/c1-14-11(13)8-10(12)7-9-5-3-2-4-6-9;/h2-6,10H,7-8,12H2,1H3;1H/t10-;/m0./s1. The monoisotopic (exact) mass is 229 g/mol. The Morgan fingerprint density at radius 1 is 1.40 bits per heavy atom. The van der Waals surface area contributed by atoms with E-state index in [0.717, 1.165) is 5.56 Å². The maximum atomic E-state index is 10.9. The number of ether oxygens (including phenoxy) is 1. The van der Waals surface area contributed by atoms with Crippen LogP contribution in [0.25, 0.3) is 0 Å². The number of hydrogen-bond donors (Lipinski definition) is 1. The molecule has 0 radical (unpaired) electrons. The van der Waals surface area contributed by atoms with Gasteiger partial charge in [-0.05, 0) is 12.0 Å². The van der Waals surface area contributed by atoms with E-state index in [0.29, 0.717) is 6.42 Å². The van der Waals surface area contributed by atoms with Crippen molar-refractivity contribution >= 4 is 18.4 Å². The van der Waals surface area contributed by atoms with Crippen molar-refractivity contribution in [2.24, 2.45) is 5.73 Å². The van der Waals surface area contributed by atoms with Crippen LogP contribution < -0.4 is 5.73 Å². The molecular formula is C11H16ClNO2. The van der Waals surface area contributed by atoms with Gasteiger partial charge in [0.2, 0.25) is 0 Å². The quantitative estimate of drug-likeness (QED) is 0.797. The molecule has 0 spiro atoms. The van der Waals surface area contributed by atoms with Crippen LogP contribution in [0.5, 0.6) is 0 Å². The highest BCUT2D eigenvalue weighted by Crippen LogP contribution is 2.04. The summed E-state index contributed by atoms with van der Waals surface area (Å²) >= 11 is 0. The molecule has 0 fully saturated rings. The second kappa shape index (κ2) is 7.26. The highest BCUT2D eigenvalue weighted by molar-refractivity contribution is 5.85. The van der Waals surface area contributed by atoms with E-state index < -0.39 is 0 Å². The Labute approximate surface area is 96.0 Å². The number of halogens is 1. The first kappa shape index (κ1) is 13.9. The number of benzene rings is 1. The lowest BCUT2D eigenvalue weighted by Crippen LogP contribution is -2.26. The maximum Gasteiger partial charge on any atom is 0.307 e. The first-order chi connectivity index (χ1) is 6.72. The Bertz CT molecular complexity index is 290. The molecule has 1 atom stereocenters. The van der Waals surface area contributed by atoms with Gasteiger partial charge in [-0.1, -0.05) is 30.3 Å². The summed E-state index contributed by atoms with van der Waals surface area (Å²) in [4.78, 5) is 10.9. The molecule has 2 N–H and O–H groups in total. The second-order valence-corrected chi connectivity index (χ2v) is 3.23. The highest BCUT2D eigenvalue weighted by Gasteiger charge is 2.09. The van der Waals surface area contributed by atoms with Gasteiger partial charge in [0.25, 0.3) is 0 Å². The van der Waals surface area contributed by atoms with Gasteiger partial charge in [0.1, 0.15) is 0 Å². The molecule has 0 unspecified atom stereocenters. The van der Waals surface area contributed by atoms with E-state index in [9.17, 15) is 4.79 Å². The fourth-order valence-electron chi connectivity index (χ4n) is 1.29. The van der Waals surface area contributed by atoms with Crippen LogP contribution in [-0.4, -0.2) is 19.1 Å². The smallest absolute Gasteiger partial charge is 0.307 e. The predicted octanol–water partition coefficient (Wildman–Crippen LogP) is 1.54. The zero-order chi connectivity index (χ0) is 10.4. The lowest BCUT2D eigenvalue weighted by atomic mass is 10.0. The van der Waals surface area contributed by atoms with Crippen molar-refractivity contribution in [3.63, 3.8) is 0 Å². The predicted molar refractivity (Wildman–Crippen MR) is 62.0 cm³/mol. The van der Waals surface area contributed by atoms with Crippen LogP contribution in [-0.2, 0) is 16.0 Å². The summed E-state index contributed by atoms with van der Waals surface area (Å²) in [6.45, 7) is 0. The molecule has 0 amide bonds. The van der Waals surface area contributed by atoms with Crippen molar-refractivity contribution in [3.05, 3.63) is 35.9 Å². The molecule has 0 aliphatic rings. The third kappa shape index (κ3) is 5.40. The molecule has 15 heavy (non-hydrogen) atoms. The van der Waals surface area contributed by atoms with E-state index in [1.807, 2.05) is 30.3 Å². The van der Waals surface area contributed by atoms with Gasteiger partial charge in [0, 0.05) is 6.04 Å². The number of esters is 1. The zero-order valence-electron chi connectivity index (χ0n) is 8.68. The van der Waals surface area contributed by atoms with E-state index in [-0.39, 0.29) is 30.8 Å². The molecule has 0 saturated heterocycles. The minimum absolute atomic E-state index is 0. The van der Waals surface area contributed by atoms with E-state index >= 15 is 0 Å². The van der Waals surface area contributed by atoms with Gasteiger partial charge in [-0.2, -0.15) is 0 Å². The molecule has 0 saturated carbocycles. The molecule has 0 heterocycles. The minimum Gasteiger partial charge on any atom is -0.469 e. The molecule has 1 rings (SSSR count). The SMILES string of the molecule is COC(=O)C[C@@H](N)Cc1ccccc1.Cl. The summed E-state index contributed by atoms with van der Waals surface area (Å²) in [5.74, 6) is -0.256. The van der Waals surface area contributed by atoms with E-state index in [2.05, 4.69) is 4.74 Å². The van der Waals surface area contributed by atoms with Crippen LogP contribution in [0.4, 0.5) is 0 Å². The first-order valence-corrected chi connectivity index (χ1v) is 4.58. The molecule has 0 aliphatic heterocycles. The normalized spacial score (nSPS) is 11.3. The van der Waals surface area contributed by atoms with Gasteiger partial charge in [0.15, 0.2) is 0 Å². The van der Waals surface area contributed by atoms with E-state index in [1.165, 1.54) is 7.11 Å². The van der Waals surface area contributed by atoms with E-state index in [4.69, 9.17) is 5.73 Å². The molecule has 1 aromatic carbocycles. The van der Waals surface area contributed by atoms with Gasteiger partial charge >= 0.3 is 5.97 Å². The summed E-state index contributed by atoms with van der Waals surface area (Å²) in [6.07, 6.45) is 0.974. The molecule has 0 aromatic heterocycles. The Morgan fingerprint density at radius 3 is 2.53 bits per heavy atom. The van der Waals surface area contributed by atoms with Gasteiger partial charge < -0.3 is 10.5 Å². The van der Waals surface area contributed by atoms with Crippen LogP contribution in [0.15, 0.2) is 30.3 Å². The number of carbonyl (C=O) groups is 1. The van der Waals surface area contributed by atoms with E-state index in [1.54, 1.807) is 0 Å². The number of nitrogens with two attached hydrogens (primary N) is 1. The number of hydrogen-bond acceptors (Lipinski definition) is 3. The summed E-state index contributed by atoms with van der Waals surface area (Å²) < 4.78 is 4.54. The maximum absolute atomic E-state index is 10.9. The lowest BCUT2D eigenvalue weighted by Gasteiger charge is -2.09. The molecule has 84 valence electrons. The number of rotatable bonds is 4. The second-order valence-electron chi connectivity index (χ2n) is 3.23. The van der Waals surface area contributed by atoms with Crippen LogP contribution in [0.3, 0.4) is 0 Å². The number of methoxy groups -OCH3 is 1. The third-order valence-electron chi connectivity index (χ3n) is 2.00. The summed E-state index contributed by atoms with van der Waals surface area (Å²) in [6, 6.07) is 9.70. The minimum atomic E-state index is -0.256. The zero-order valence-corrected chi connectivity index (χ0v) is 9.50. The first-order valence-electron chi connectivity index (χ1n) is 4.58. The van der Waals surface area contributed by atoms with Crippen LogP contribution in [0, 0.1) is 0 Å². The molecule has 3 nitrogen and oxygen atoms in total. The Morgan fingerprint density at radius 2 is 2.00 bits per heavy atom.